The molecule has 1 heterocycles. The molecule has 2 N–H and O–H groups in total. The highest BCUT2D eigenvalue weighted by Crippen LogP contribution is 2.21. The fraction of sp³-hybridized carbons (Fsp3) is 0.833. The van der Waals surface area contributed by atoms with E-state index < -0.39 is 0 Å². The van der Waals surface area contributed by atoms with Gasteiger partial charge < -0.3 is 15.5 Å². The molecule has 1 saturated heterocycles. The van der Waals surface area contributed by atoms with Crippen LogP contribution in [-0.2, 0) is 9.59 Å². The Morgan fingerprint density at radius 1 is 1.42 bits per heavy atom. The highest BCUT2D eigenvalue weighted by Gasteiger charge is 2.33. The summed E-state index contributed by atoms with van der Waals surface area (Å²) in [6, 6.07) is -0.0420. The second kappa shape index (κ2) is 9.44. The van der Waals surface area contributed by atoms with E-state index >= 15 is 0 Å². The molecule has 0 aromatic heterocycles. The highest BCUT2D eigenvalue weighted by molar-refractivity contribution is 7.99. The average Bonchev–Trinajstić information content (AvgIpc) is 2.84. The van der Waals surface area contributed by atoms with Gasteiger partial charge in [0, 0.05) is 24.8 Å². The Bertz CT molecular complexity index is 305. The minimum absolute atomic E-state index is 0. The second-order valence-corrected chi connectivity index (χ2v) is 5.44. The zero-order chi connectivity index (χ0) is 13.5. The summed E-state index contributed by atoms with van der Waals surface area (Å²) in [7, 11) is 0. The van der Waals surface area contributed by atoms with E-state index in [0.29, 0.717) is 24.6 Å². The molecule has 7 heteroatoms. The van der Waals surface area contributed by atoms with Gasteiger partial charge in [-0.1, -0.05) is 13.8 Å². The van der Waals surface area contributed by atoms with E-state index in [4.69, 9.17) is 0 Å². The number of carbonyl (C=O) groups excluding carboxylic acids is 2. The van der Waals surface area contributed by atoms with Gasteiger partial charge in [0.2, 0.25) is 11.8 Å². The lowest BCUT2D eigenvalue weighted by Gasteiger charge is -2.23. The summed E-state index contributed by atoms with van der Waals surface area (Å²) in [4.78, 5) is 25.4. The molecule has 0 aliphatic carbocycles. The Morgan fingerprint density at radius 2 is 2.11 bits per heavy atom. The van der Waals surface area contributed by atoms with Crippen LogP contribution in [0.25, 0.3) is 0 Å². The van der Waals surface area contributed by atoms with Crippen LogP contribution in [-0.4, -0.2) is 53.5 Å². The quantitative estimate of drug-likeness (QED) is 0.763. The van der Waals surface area contributed by atoms with Crippen molar-refractivity contribution < 1.29 is 9.59 Å². The van der Waals surface area contributed by atoms with Crippen molar-refractivity contribution in [2.75, 3.05) is 24.7 Å². The largest absolute Gasteiger partial charge is 0.353 e. The van der Waals surface area contributed by atoms with Crippen LogP contribution in [0, 0.1) is 0 Å². The van der Waals surface area contributed by atoms with E-state index in [0.717, 1.165) is 6.54 Å². The Balaban J connectivity index is 0.00000324. The zero-order valence-electron chi connectivity index (χ0n) is 11.8. The number of thioether (sulfide) groups is 1. The van der Waals surface area contributed by atoms with E-state index in [9.17, 15) is 9.59 Å². The maximum atomic E-state index is 12.0. The third kappa shape index (κ3) is 5.58. The van der Waals surface area contributed by atoms with Crippen LogP contribution in [0.5, 0.6) is 0 Å². The first-order valence-corrected chi connectivity index (χ1v) is 7.63. The monoisotopic (exact) mass is 309 g/mol. The standard InChI is InChI=1S/C12H23N3O2S.ClH/c1-4-11(16)15-8-18-7-10(15)12(17)14-6-9(3)13-5-2;/h9-10,13H,4-8H2,1-3H3,(H,14,17);1H/t9-,10?;/m1./s1. The van der Waals surface area contributed by atoms with Crippen molar-refractivity contribution in [1.82, 2.24) is 15.5 Å². The summed E-state index contributed by atoms with van der Waals surface area (Å²) in [5.41, 5.74) is 0. The molecule has 0 radical (unpaired) electrons. The SMILES string of the molecule is CCN[C@H](C)CNC(=O)C1CSCN1C(=O)CC.Cl. The number of rotatable bonds is 6. The number of nitrogens with one attached hydrogen (secondary N) is 2. The highest BCUT2D eigenvalue weighted by atomic mass is 35.5. The summed E-state index contributed by atoms with van der Waals surface area (Å²) >= 11 is 1.64. The zero-order valence-corrected chi connectivity index (χ0v) is 13.4. The minimum Gasteiger partial charge on any atom is -0.353 e. The first kappa shape index (κ1) is 18.5. The number of halogens is 1. The van der Waals surface area contributed by atoms with E-state index in [-0.39, 0.29) is 36.3 Å². The number of amides is 2. The molecule has 2 amide bonds. The van der Waals surface area contributed by atoms with Crippen LogP contribution in [0.1, 0.15) is 27.2 Å². The third-order valence-electron chi connectivity index (χ3n) is 2.94. The molecule has 0 bridgehead atoms. The van der Waals surface area contributed by atoms with Gasteiger partial charge in [-0.3, -0.25) is 9.59 Å². The third-order valence-corrected chi connectivity index (χ3v) is 3.96. The Kier molecular flexibility index (Phi) is 9.22. The lowest BCUT2D eigenvalue weighted by Crippen LogP contribution is -2.49. The molecule has 1 unspecified atom stereocenters. The summed E-state index contributed by atoms with van der Waals surface area (Å²) in [6.07, 6.45) is 0.456. The summed E-state index contributed by atoms with van der Waals surface area (Å²) in [5.74, 6) is 1.35. The van der Waals surface area contributed by atoms with Crippen molar-refractivity contribution in [3.63, 3.8) is 0 Å². The van der Waals surface area contributed by atoms with E-state index in [1.807, 2.05) is 20.8 Å². The normalized spacial score (nSPS) is 19.7. The molecular weight excluding hydrogens is 286 g/mol. The number of hydrogen-bond acceptors (Lipinski definition) is 4. The van der Waals surface area contributed by atoms with Crippen molar-refractivity contribution in [2.45, 2.75) is 39.3 Å². The van der Waals surface area contributed by atoms with Gasteiger partial charge in [0.1, 0.15) is 6.04 Å². The van der Waals surface area contributed by atoms with E-state index in [1.165, 1.54) is 0 Å². The predicted octanol–water partition coefficient (Wildman–Crippen LogP) is 0.834. The molecule has 0 saturated carbocycles. The first-order valence-electron chi connectivity index (χ1n) is 6.48. The van der Waals surface area contributed by atoms with Crippen LogP contribution in [0.15, 0.2) is 0 Å². The molecule has 19 heavy (non-hydrogen) atoms. The van der Waals surface area contributed by atoms with Crippen LogP contribution < -0.4 is 10.6 Å². The van der Waals surface area contributed by atoms with Crippen molar-refractivity contribution in [2.24, 2.45) is 0 Å². The summed E-state index contributed by atoms with van der Waals surface area (Å²) < 4.78 is 0. The fourth-order valence-corrected chi connectivity index (χ4v) is 3.08. The molecular formula is C12H24ClN3O2S. The van der Waals surface area contributed by atoms with Gasteiger partial charge in [-0.2, -0.15) is 0 Å². The van der Waals surface area contributed by atoms with Gasteiger partial charge in [-0.05, 0) is 13.5 Å². The Labute approximate surface area is 125 Å². The Hall–Kier alpha value is -0.460. The summed E-state index contributed by atoms with van der Waals surface area (Å²) in [6.45, 7) is 7.38. The smallest absolute Gasteiger partial charge is 0.243 e. The number of hydrogen-bond donors (Lipinski definition) is 2. The molecule has 1 rings (SSSR count). The minimum atomic E-state index is -0.295. The van der Waals surface area contributed by atoms with E-state index in [1.54, 1.807) is 16.7 Å². The topological polar surface area (TPSA) is 61.4 Å². The van der Waals surface area contributed by atoms with E-state index in [2.05, 4.69) is 10.6 Å². The molecule has 112 valence electrons. The van der Waals surface area contributed by atoms with Gasteiger partial charge >= 0.3 is 0 Å². The van der Waals surface area contributed by atoms with Crippen molar-refractivity contribution in [1.29, 1.82) is 0 Å². The molecule has 0 spiro atoms. The van der Waals surface area contributed by atoms with Gasteiger partial charge in [0.05, 0.1) is 5.88 Å². The molecule has 5 nitrogen and oxygen atoms in total. The van der Waals surface area contributed by atoms with Gasteiger partial charge in [0.25, 0.3) is 0 Å². The molecule has 1 fully saturated rings. The van der Waals surface area contributed by atoms with Crippen LogP contribution in [0.2, 0.25) is 0 Å². The average molecular weight is 310 g/mol. The van der Waals surface area contributed by atoms with Crippen LogP contribution >= 0.6 is 24.2 Å². The maximum Gasteiger partial charge on any atom is 0.243 e. The maximum absolute atomic E-state index is 12.0. The van der Waals surface area contributed by atoms with Crippen molar-refractivity contribution >= 4 is 36.0 Å². The van der Waals surface area contributed by atoms with Gasteiger partial charge in [-0.25, -0.2) is 0 Å². The number of likely N-dealkylation sites (N-methyl/N-ethyl adjacent to an activating group) is 1. The molecule has 1 aliphatic heterocycles. The van der Waals surface area contributed by atoms with Crippen molar-refractivity contribution in [3.8, 4) is 0 Å². The molecule has 0 aromatic carbocycles. The molecule has 2 atom stereocenters. The predicted molar refractivity (Wildman–Crippen MR) is 81.6 cm³/mol. The van der Waals surface area contributed by atoms with Gasteiger partial charge in [-0.15, -0.1) is 24.2 Å². The lowest BCUT2D eigenvalue weighted by molar-refractivity contribution is -0.137. The number of carbonyl (C=O) groups is 2. The second-order valence-electron chi connectivity index (χ2n) is 4.44. The van der Waals surface area contributed by atoms with Crippen molar-refractivity contribution in [3.05, 3.63) is 0 Å². The lowest BCUT2D eigenvalue weighted by atomic mass is 10.2. The Morgan fingerprint density at radius 3 is 2.68 bits per heavy atom. The molecule has 0 aromatic rings. The van der Waals surface area contributed by atoms with Crippen LogP contribution in [0.3, 0.4) is 0 Å². The van der Waals surface area contributed by atoms with Gasteiger partial charge in [0.15, 0.2) is 0 Å². The fourth-order valence-electron chi connectivity index (χ4n) is 1.90. The first-order chi connectivity index (χ1) is 8.60. The molecule has 1 aliphatic rings. The van der Waals surface area contributed by atoms with Crippen LogP contribution in [0.4, 0.5) is 0 Å². The summed E-state index contributed by atoms with van der Waals surface area (Å²) in [5, 5.41) is 6.15. The number of nitrogens with zero attached hydrogens (tertiary/aromatic N) is 1.